The number of nitrogens with one attached hydrogen (secondary N) is 1. The number of hydrogen-bond donors (Lipinski definition) is 2. The molecule has 1 unspecified atom stereocenters. The third kappa shape index (κ3) is 9.57. The number of sulfone groups is 1. The van der Waals surface area contributed by atoms with Gasteiger partial charge < -0.3 is 10.1 Å². The van der Waals surface area contributed by atoms with E-state index in [-0.39, 0.29) is 16.4 Å². The number of alkyl halides is 3. The Morgan fingerprint density at radius 3 is 2.24 bits per heavy atom. The number of amides is 1. The Kier molecular flexibility index (Phi) is 10.9. The summed E-state index contributed by atoms with van der Waals surface area (Å²) in [4.78, 5) is 30.0. The number of ether oxygens (including phenoxy) is 1. The van der Waals surface area contributed by atoms with Gasteiger partial charge in [-0.05, 0) is 47.4 Å². The third-order valence-electron chi connectivity index (χ3n) is 6.73. The average Bonchev–Trinajstić information content (AvgIpc) is 3.37. The van der Waals surface area contributed by atoms with Crippen LogP contribution in [0.5, 0.6) is 5.75 Å². The van der Waals surface area contributed by atoms with E-state index in [4.69, 9.17) is 5.14 Å². The Morgan fingerprint density at radius 2 is 1.63 bits per heavy atom. The minimum atomic E-state index is -4.93. The van der Waals surface area contributed by atoms with Crippen LogP contribution in [-0.4, -0.2) is 52.2 Å². The molecule has 1 atom stereocenters. The number of ketones is 1. The predicted molar refractivity (Wildman–Crippen MR) is 168 cm³/mol. The summed E-state index contributed by atoms with van der Waals surface area (Å²) in [5, 5.41) is 5.33. The van der Waals surface area contributed by atoms with Crippen molar-refractivity contribution < 1.29 is 44.3 Å². The van der Waals surface area contributed by atoms with Crippen molar-refractivity contribution in [3.8, 4) is 16.9 Å². The van der Waals surface area contributed by atoms with Crippen LogP contribution in [0, 0.1) is 0 Å². The van der Waals surface area contributed by atoms with Crippen molar-refractivity contribution in [3.63, 3.8) is 0 Å². The number of carbonyl (C=O) groups is 2. The van der Waals surface area contributed by atoms with Gasteiger partial charge in [0.15, 0.2) is 20.9 Å². The highest BCUT2D eigenvalue weighted by molar-refractivity contribution is 7.91. The summed E-state index contributed by atoms with van der Waals surface area (Å²) >= 11 is 0.952. The van der Waals surface area contributed by atoms with Crippen LogP contribution >= 0.6 is 11.3 Å². The molecule has 1 heterocycles. The zero-order chi connectivity index (χ0) is 33.7. The van der Waals surface area contributed by atoms with E-state index in [1.54, 1.807) is 42.5 Å². The van der Waals surface area contributed by atoms with Gasteiger partial charge in [0.1, 0.15) is 10.8 Å². The van der Waals surface area contributed by atoms with Crippen LogP contribution in [0.1, 0.15) is 52.4 Å². The van der Waals surface area contributed by atoms with Crippen molar-refractivity contribution in [2.45, 2.75) is 43.6 Å². The van der Waals surface area contributed by atoms with Crippen molar-refractivity contribution in [3.05, 3.63) is 82.9 Å². The van der Waals surface area contributed by atoms with E-state index in [0.717, 1.165) is 59.6 Å². The molecule has 3 N–H and O–H groups in total. The van der Waals surface area contributed by atoms with Crippen LogP contribution in [0.15, 0.2) is 66.7 Å². The van der Waals surface area contributed by atoms with Gasteiger partial charge in [0.25, 0.3) is 0 Å². The number of nitrogens with two attached hydrogens (primary N) is 1. The van der Waals surface area contributed by atoms with E-state index in [2.05, 4.69) is 15.0 Å². The van der Waals surface area contributed by atoms with Crippen molar-refractivity contribution in [1.82, 2.24) is 10.3 Å². The second kappa shape index (κ2) is 14.3. The molecule has 1 aromatic heterocycles. The van der Waals surface area contributed by atoms with Crippen LogP contribution in [-0.2, 0) is 30.4 Å². The molecule has 0 radical (unpaired) electrons. The molecule has 3 aromatic carbocycles. The van der Waals surface area contributed by atoms with Gasteiger partial charge in [0.2, 0.25) is 15.9 Å². The summed E-state index contributed by atoms with van der Waals surface area (Å²) in [6.45, 7) is 1.55. The third-order valence-corrected chi connectivity index (χ3v) is 10.6. The minimum absolute atomic E-state index is 0.0520. The minimum Gasteiger partial charge on any atom is -0.406 e. The molecule has 4 rings (SSSR count). The molecular formula is C30H30F3N3O7S3. The summed E-state index contributed by atoms with van der Waals surface area (Å²) in [6.07, 6.45) is -2.76. The first-order chi connectivity index (χ1) is 21.5. The quantitative estimate of drug-likeness (QED) is 0.168. The van der Waals surface area contributed by atoms with E-state index < -0.39 is 61.2 Å². The highest BCUT2D eigenvalue weighted by Gasteiger charge is 2.37. The van der Waals surface area contributed by atoms with Crippen molar-refractivity contribution in [2.24, 2.45) is 5.14 Å². The summed E-state index contributed by atoms with van der Waals surface area (Å²) in [6, 6.07) is 16.4. The molecule has 1 amide bonds. The topological polar surface area (TPSA) is 163 Å². The van der Waals surface area contributed by atoms with Crippen molar-refractivity contribution in [2.75, 3.05) is 12.3 Å². The number of aromatic nitrogens is 1. The average molecular weight is 698 g/mol. The Morgan fingerprint density at radius 1 is 0.978 bits per heavy atom. The number of benzene rings is 3. The number of Topliss-reactive ketones (excluding diaryl/α,β-unsaturated/α-hetero) is 1. The molecule has 4 aromatic rings. The second-order valence-corrected chi connectivity index (χ2v) is 15.3. The molecule has 0 bridgehead atoms. The highest BCUT2D eigenvalue weighted by atomic mass is 32.2. The van der Waals surface area contributed by atoms with Crippen LogP contribution in [0.2, 0.25) is 0 Å². The molecule has 16 heteroatoms. The molecule has 246 valence electrons. The fourth-order valence-electron chi connectivity index (χ4n) is 4.51. The normalized spacial score (nSPS) is 13.0. The lowest BCUT2D eigenvalue weighted by Gasteiger charge is -2.16. The number of thiazole rings is 1. The lowest BCUT2D eigenvalue weighted by Crippen LogP contribution is -2.37. The molecule has 0 aliphatic heterocycles. The summed E-state index contributed by atoms with van der Waals surface area (Å²) in [5.41, 5.74) is 2.64. The number of carbonyl (C=O) groups excluding carboxylic acids is 2. The number of fused-ring (bicyclic) bond motifs is 1. The maximum absolute atomic E-state index is 13.7. The maximum atomic E-state index is 13.7. The number of rotatable bonds is 14. The van der Waals surface area contributed by atoms with Gasteiger partial charge in [-0.25, -0.2) is 27.0 Å². The number of primary sulfonamides is 1. The van der Waals surface area contributed by atoms with Gasteiger partial charge in [-0.3, -0.25) is 9.59 Å². The van der Waals surface area contributed by atoms with Crippen LogP contribution in [0.4, 0.5) is 13.2 Å². The number of sulfonamides is 1. The van der Waals surface area contributed by atoms with E-state index in [9.17, 15) is 39.6 Å². The van der Waals surface area contributed by atoms with E-state index in [1.807, 2.05) is 6.92 Å². The first-order valence-electron chi connectivity index (χ1n) is 13.9. The van der Waals surface area contributed by atoms with Crippen LogP contribution in [0.3, 0.4) is 0 Å². The fourth-order valence-corrected chi connectivity index (χ4v) is 8.06. The van der Waals surface area contributed by atoms with Gasteiger partial charge >= 0.3 is 6.36 Å². The maximum Gasteiger partial charge on any atom is 0.573 e. The van der Waals surface area contributed by atoms with E-state index in [1.165, 1.54) is 0 Å². The Hall–Kier alpha value is -3.86. The molecule has 10 nitrogen and oxygen atoms in total. The Labute approximate surface area is 267 Å². The lowest BCUT2D eigenvalue weighted by atomic mass is 10.0. The molecule has 0 saturated heterocycles. The molecule has 0 aliphatic carbocycles. The van der Waals surface area contributed by atoms with Gasteiger partial charge in [-0.15, -0.1) is 24.5 Å². The van der Waals surface area contributed by atoms with Crippen molar-refractivity contribution >= 4 is 53.1 Å². The van der Waals surface area contributed by atoms with Crippen LogP contribution in [0.25, 0.3) is 21.3 Å². The van der Waals surface area contributed by atoms with Gasteiger partial charge in [0, 0.05) is 18.5 Å². The lowest BCUT2D eigenvalue weighted by molar-refractivity contribution is -0.274. The predicted octanol–water partition coefficient (Wildman–Crippen LogP) is 5.30. The van der Waals surface area contributed by atoms with E-state index >= 15 is 0 Å². The standard InChI is InChI=1S/C30H30F3N3O7S3/c1-2-3-4-25(37)21-9-7-20(8-10-21)22-11-14-24-26(17-22)44-29(36-24)27(28(38)35-15-16-46(34,41)42)45(39,40)18-19-5-12-23(13-6-19)43-30(31,32)33/h5-14,17,27H,2-4,15-16,18H2,1H3,(H,35,38)(H2,34,41,42). The zero-order valence-corrected chi connectivity index (χ0v) is 26.9. The summed E-state index contributed by atoms with van der Waals surface area (Å²) in [5.74, 6) is -2.92. The SMILES string of the molecule is CCCCC(=O)c1ccc(-c2ccc3nc(C(C(=O)NCCS(N)(=O)=O)S(=O)(=O)Cc4ccc(OC(F)(F)F)cc4)sc3c2)cc1. The van der Waals surface area contributed by atoms with Gasteiger partial charge in [-0.2, -0.15) is 0 Å². The molecular weight excluding hydrogens is 668 g/mol. The summed E-state index contributed by atoms with van der Waals surface area (Å²) < 4.78 is 92.0. The number of unbranched alkanes of at least 4 members (excludes halogenated alkanes) is 1. The number of halogens is 3. The second-order valence-electron chi connectivity index (χ2n) is 10.4. The van der Waals surface area contributed by atoms with Crippen molar-refractivity contribution in [1.29, 1.82) is 0 Å². The molecule has 0 aliphatic rings. The highest BCUT2D eigenvalue weighted by Crippen LogP contribution is 2.35. The first kappa shape index (κ1) is 35.0. The first-order valence-corrected chi connectivity index (χ1v) is 18.2. The van der Waals surface area contributed by atoms with Gasteiger partial charge in [0.05, 0.1) is 21.7 Å². The zero-order valence-electron chi connectivity index (χ0n) is 24.4. The smallest absolute Gasteiger partial charge is 0.406 e. The summed E-state index contributed by atoms with van der Waals surface area (Å²) in [7, 11) is -8.37. The monoisotopic (exact) mass is 697 g/mol. The van der Waals surface area contributed by atoms with E-state index in [0.29, 0.717) is 22.2 Å². The molecule has 0 saturated carbocycles. The largest absolute Gasteiger partial charge is 0.573 e. The molecule has 0 fully saturated rings. The fraction of sp³-hybridized carbons (Fsp3) is 0.300. The van der Waals surface area contributed by atoms with Crippen LogP contribution < -0.4 is 15.2 Å². The molecule has 0 spiro atoms. The molecule has 46 heavy (non-hydrogen) atoms. The number of nitrogens with zero attached hydrogens (tertiary/aromatic N) is 1. The Bertz CT molecular complexity index is 1930. The Balaban J connectivity index is 1.64. The number of hydrogen-bond acceptors (Lipinski definition) is 9. The van der Waals surface area contributed by atoms with Gasteiger partial charge in [-0.1, -0.05) is 55.8 Å².